The Hall–Kier alpha value is -2.50. The van der Waals surface area contributed by atoms with Crippen LogP contribution in [0.5, 0.6) is 0 Å². The highest BCUT2D eigenvalue weighted by atomic mass is 16.2. The van der Waals surface area contributed by atoms with E-state index in [9.17, 15) is 9.59 Å². The van der Waals surface area contributed by atoms with Gasteiger partial charge in [0.05, 0.1) is 11.7 Å². The maximum Gasteiger partial charge on any atom is 0.263 e. The summed E-state index contributed by atoms with van der Waals surface area (Å²) in [5.74, 6) is 1.05. The van der Waals surface area contributed by atoms with Gasteiger partial charge in [0.1, 0.15) is 11.4 Å². The van der Waals surface area contributed by atoms with Crippen molar-refractivity contribution < 1.29 is 4.79 Å². The Labute approximate surface area is 139 Å². The second-order valence-electron chi connectivity index (χ2n) is 6.83. The standard InChI is InChI=1S/C18H20N4O2/c1-10-6-7-19-14(8-10)15(11-2-3-11)21-17(23)13-9-20-16(12-4-5-12)22-18(13)24/h6-9,11-12,15H,2-5H2,1H3,(H,21,23)(H,20,22,24)/t15-/m0/s1. The Kier molecular flexibility index (Phi) is 3.67. The van der Waals surface area contributed by atoms with Gasteiger partial charge in [-0.05, 0) is 56.2 Å². The van der Waals surface area contributed by atoms with Gasteiger partial charge >= 0.3 is 0 Å². The first-order valence-electron chi connectivity index (χ1n) is 8.44. The fraction of sp³-hybridized carbons (Fsp3) is 0.444. The van der Waals surface area contributed by atoms with Gasteiger partial charge in [0, 0.05) is 18.3 Å². The molecule has 0 aromatic carbocycles. The summed E-state index contributed by atoms with van der Waals surface area (Å²) < 4.78 is 0. The number of rotatable bonds is 5. The lowest BCUT2D eigenvalue weighted by atomic mass is 10.1. The van der Waals surface area contributed by atoms with Crippen LogP contribution in [-0.4, -0.2) is 20.9 Å². The lowest BCUT2D eigenvalue weighted by molar-refractivity contribution is 0.0928. The van der Waals surface area contributed by atoms with Crippen LogP contribution in [0.2, 0.25) is 0 Å². The summed E-state index contributed by atoms with van der Waals surface area (Å²) in [5, 5.41) is 2.98. The Morgan fingerprint density at radius 3 is 2.71 bits per heavy atom. The molecule has 1 atom stereocenters. The number of aromatic nitrogens is 3. The van der Waals surface area contributed by atoms with E-state index >= 15 is 0 Å². The molecule has 0 bridgehead atoms. The van der Waals surface area contributed by atoms with E-state index < -0.39 is 0 Å². The Morgan fingerprint density at radius 1 is 1.29 bits per heavy atom. The zero-order valence-corrected chi connectivity index (χ0v) is 13.6. The molecule has 2 aliphatic carbocycles. The number of nitrogens with one attached hydrogen (secondary N) is 2. The SMILES string of the molecule is Cc1ccnc([C@@H](NC(=O)c2cnc(C3CC3)[nH]c2=O)C2CC2)c1. The fourth-order valence-corrected chi connectivity index (χ4v) is 2.95. The van der Waals surface area contributed by atoms with Crippen LogP contribution in [0.3, 0.4) is 0 Å². The summed E-state index contributed by atoms with van der Waals surface area (Å²) in [6, 6.07) is 3.77. The third kappa shape index (κ3) is 3.09. The van der Waals surface area contributed by atoms with Crippen molar-refractivity contribution >= 4 is 5.91 Å². The maximum absolute atomic E-state index is 12.6. The molecule has 2 aliphatic rings. The number of aryl methyl sites for hydroxylation is 1. The van der Waals surface area contributed by atoms with Crippen molar-refractivity contribution in [2.45, 2.75) is 44.6 Å². The molecule has 6 nitrogen and oxygen atoms in total. The van der Waals surface area contributed by atoms with Gasteiger partial charge in [-0.2, -0.15) is 0 Å². The Morgan fingerprint density at radius 2 is 2.08 bits per heavy atom. The summed E-state index contributed by atoms with van der Waals surface area (Å²) in [6.07, 6.45) is 7.39. The van der Waals surface area contributed by atoms with Crippen LogP contribution in [0.4, 0.5) is 0 Å². The van der Waals surface area contributed by atoms with E-state index in [2.05, 4.69) is 20.3 Å². The van der Waals surface area contributed by atoms with E-state index in [-0.39, 0.29) is 23.1 Å². The molecule has 0 saturated heterocycles. The van der Waals surface area contributed by atoms with E-state index in [1.54, 1.807) is 6.20 Å². The van der Waals surface area contributed by atoms with Crippen LogP contribution in [0, 0.1) is 12.8 Å². The van der Waals surface area contributed by atoms with Crippen molar-refractivity contribution in [2.24, 2.45) is 5.92 Å². The van der Waals surface area contributed by atoms with Crippen molar-refractivity contribution in [1.82, 2.24) is 20.3 Å². The Balaban J connectivity index is 1.56. The molecule has 0 aliphatic heterocycles. The average Bonchev–Trinajstić information content (AvgIpc) is 3.45. The number of aromatic amines is 1. The topological polar surface area (TPSA) is 87.7 Å². The van der Waals surface area contributed by atoms with E-state index in [4.69, 9.17) is 0 Å². The van der Waals surface area contributed by atoms with Crippen LogP contribution < -0.4 is 10.9 Å². The van der Waals surface area contributed by atoms with Gasteiger partial charge in [-0.1, -0.05) is 0 Å². The minimum absolute atomic E-state index is 0.0673. The monoisotopic (exact) mass is 324 g/mol. The number of amides is 1. The molecule has 2 aromatic heterocycles. The van der Waals surface area contributed by atoms with Crippen LogP contribution in [0.25, 0.3) is 0 Å². The van der Waals surface area contributed by atoms with Gasteiger partial charge in [0.15, 0.2) is 0 Å². The summed E-state index contributed by atoms with van der Waals surface area (Å²) in [7, 11) is 0. The van der Waals surface area contributed by atoms with Crippen molar-refractivity contribution in [1.29, 1.82) is 0 Å². The minimum Gasteiger partial charge on any atom is -0.343 e. The molecule has 2 heterocycles. The molecule has 24 heavy (non-hydrogen) atoms. The predicted octanol–water partition coefficient (Wildman–Crippen LogP) is 2.23. The molecule has 6 heteroatoms. The first kappa shape index (κ1) is 15.1. The summed E-state index contributed by atoms with van der Waals surface area (Å²) >= 11 is 0. The first-order chi connectivity index (χ1) is 11.6. The normalized spacial score (nSPS) is 18.2. The molecule has 2 fully saturated rings. The number of nitrogens with zero attached hydrogens (tertiary/aromatic N) is 2. The van der Waals surface area contributed by atoms with Crippen LogP contribution in [-0.2, 0) is 0 Å². The smallest absolute Gasteiger partial charge is 0.263 e. The van der Waals surface area contributed by atoms with Crippen LogP contribution >= 0.6 is 0 Å². The molecule has 124 valence electrons. The summed E-state index contributed by atoms with van der Waals surface area (Å²) in [5.41, 5.74) is 1.66. The molecule has 4 rings (SSSR count). The highest BCUT2D eigenvalue weighted by Crippen LogP contribution is 2.40. The lowest BCUT2D eigenvalue weighted by Crippen LogP contribution is -2.34. The lowest BCUT2D eigenvalue weighted by Gasteiger charge is -2.18. The van der Waals surface area contributed by atoms with Crippen LogP contribution in [0.1, 0.15) is 65.1 Å². The minimum atomic E-state index is -0.383. The molecule has 2 aromatic rings. The zero-order valence-electron chi connectivity index (χ0n) is 13.6. The van der Waals surface area contributed by atoms with E-state index in [1.807, 2.05) is 19.1 Å². The maximum atomic E-state index is 12.6. The molecule has 1 amide bonds. The van der Waals surface area contributed by atoms with Crippen molar-refractivity contribution in [3.63, 3.8) is 0 Å². The molecule has 0 spiro atoms. The van der Waals surface area contributed by atoms with Crippen LogP contribution in [0.15, 0.2) is 29.3 Å². The van der Waals surface area contributed by atoms with Gasteiger partial charge in [0.25, 0.3) is 11.5 Å². The second-order valence-corrected chi connectivity index (χ2v) is 6.83. The second kappa shape index (κ2) is 5.85. The highest BCUT2D eigenvalue weighted by Gasteiger charge is 2.35. The summed E-state index contributed by atoms with van der Waals surface area (Å²) in [6.45, 7) is 2.00. The molecule has 2 N–H and O–H groups in total. The number of hydrogen-bond acceptors (Lipinski definition) is 4. The fourth-order valence-electron chi connectivity index (χ4n) is 2.95. The zero-order chi connectivity index (χ0) is 16.7. The summed E-state index contributed by atoms with van der Waals surface area (Å²) in [4.78, 5) is 36.2. The van der Waals surface area contributed by atoms with E-state index in [0.29, 0.717) is 17.7 Å². The van der Waals surface area contributed by atoms with E-state index in [1.165, 1.54) is 6.20 Å². The first-order valence-corrected chi connectivity index (χ1v) is 8.44. The van der Waals surface area contributed by atoms with E-state index in [0.717, 1.165) is 36.9 Å². The molecular formula is C18H20N4O2. The largest absolute Gasteiger partial charge is 0.343 e. The van der Waals surface area contributed by atoms with Gasteiger partial charge in [0.2, 0.25) is 0 Å². The number of carbonyl (C=O) groups is 1. The highest BCUT2D eigenvalue weighted by molar-refractivity contribution is 5.93. The van der Waals surface area contributed by atoms with Gasteiger partial charge in [-0.25, -0.2) is 4.98 Å². The molecular weight excluding hydrogens is 304 g/mol. The number of carbonyl (C=O) groups excluding carboxylic acids is 1. The number of H-pyrrole nitrogens is 1. The van der Waals surface area contributed by atoms with Crippen molar-refractivity contribution in [2.75, 3.05) is 0 Å². The number of pyridine rings is 1. The molecule has 2 saturated carbocycles. The molecule has 0 unspecified atom stereocenters. The molecule has 0 radical (unpaired) electrons. The van der Waals surface area contributed by atoms with Crippen molar-refractivity contribution in [3.05, 3.63) is 57.5 Å². The van der Waals surface area contributed by atoms with Gasteiger partial charge in [-0.15, -0.1) is 0 Å². The van der Waals surface area contributed by atoms with Crippen molar-refractivity contribution in [3.8, 4) is 0 Å². The predicted molar refractivity (Wildman–Crippen MR) is 88.7 cm³/mol. The van der Waals surface area contributed by atoms with Gasteiger partial charge in [-0.3, -0.25) is 14.6 Å². The third-order valence-corrected chi connectivity index (χ3v) is 4.66. The Bertz CT molecular complexity index is 837. The quantitative estimate of drug-likeness (QED) is 0.883. The third-order valence-electron chi connectivity index (χ3n) is 4.66. The number of hydrogen-bond donors (Lipinski definition) is 2. The average molecular weight is 324 g/mol. The van der Waals surface area contributed by atoms with Gasteiger partial charge < -0.3 is 10.3 Å².